The van der Waals surface area contributed by atoms with E-state index in [1.165, 1.54) is 5.56 Å². The molecule has 1 aromatic carbocycles. The van der Waals surface area contributed by atoms with Crippen molar-refractivity contribution in [3.63, 3.8) is 0 Å². The SMILES string of the molecule is CC(NCCNCCN)c1ccccc1. The Hall–Kier alpha value is -0.900. The van der Waals surface area contributed by atoms with Crippen LogP contribution in [0.15, 0.2) is 30.3 Å². The van der Waals surface area contributed by atoms with E-state index in [1.807, 2.05) is 6.07 Å². The Balaban J connectivity index is 2.16. The maximum absolute atomic E-state index is 5.38. The Bertz CT molecular complexity index is 248. The highest BCUT2D eigenvalue weighted by molar-refractivity contribution is 5.17. The molecule has 3 nitrogen and oxygen atoms in total. The molecule has 1 rings (SSSR count). The van der Waals surface area contributed by atoms with Crippen molar-refractivity contribution in [2.75, 3.05) is 26.2 Å². The van der Waals surface area contributed by atoms with E-state index >= 15 is 0 Å². The summed E-state index contributed by atoms with van der Waals surface area (Å²) in [6.45, 7) is 5.71. The molecule has 0 radical (unpaired) electrons. The molecule has 1 atom stereocenters. The summed E-state index contributed by atoms with van der Waals surface area (Å²) in [5.41, 5.74) is 6.71. The number of hydrogen-bond acceptors (Lipinski definition) is 3. The van der Waals surface area contributed by atoms with Crippen LogP contribution >= 0.6 is 0 Å². The average Bonchev–Trinajstić information content (AvgIpc) is 2.30. The summed E-state index contributed by atoms with van der Waals surface area (Å²) < 4.78 is 0. The average molecular weight is 207 g/mol. The van der Waals surface area contributed by atoms with Gasteiger partial charge in [-0.05, 0) is 12.5 Å². The summed E-state index contributed by atoms with van der Waals surface area (Å²) in [5.74, 6) is 0. The van der Waals surface area contributed by atoms with Crippen LogP contribution in [0.5, 0.6) is 0 Å². The fourth-order valence-electron chi connectivity index (χ4n) is 1.46. The first-order chi connectivity index (χ1) is 7.34. The summed E-state index contributed by atoms with van der Waals surface area (Å²) >= 11 is 0. The number of benzene rings is 1. The Morgan fingerprint density at radius 3 is 2.53 bits per heavy atom. The smallest absolute Gasteiger partial charge is 0.0292 e. The second-order valence-corrected chi connectivity index (χ2v) is 3.63. The summed E-state index contributed by atoms with van der Waals surface area (Å²) in [7, 11) is 0. The van der Waals surface area contributed by atoms with Gasteiger partial charge in [-0.25, -0.2) is 0 Å². The Morgan fingerprint density at radius 2 is 1.87 bits per heavy atom. The molecule has 3 heteroatoms. The minimum Gasteiger partial charge on any atom is -0.329 e. The number of nitrogens with two attached hydrogens (primary N) is 1. The molecule has 0 aliphatic rings. The molecular weight excluding hydrogens is 186 g/mol. The number of nitrogens with one attached hydrogen (secondary N) is 2. The lowest BCUT2D eigenvalue weighted by Crippen LogP contribution is -2.31. The van der Waals surface area contributed by atoms with Crippen molar-refractivity contribution in [3.05, 3.63) is 35.9 Å². The van der Waals surface area contributed by atoms with Gasteiger partial charge in [0.25, 0.3) is 0 Å². The standard InChI is InChI=1S/C12H21N3/c1-11(12-5-3-2-4-6-12)15-10-9-14-8-7-13/h2-6,11,14-15H,7-10,13H2,1H3. The first kappa shape index (κ1) is 12.2. The predicted molar refractivity (Wildman–Crippen MR) is 64.8 cm³/mol. The molecule has 0 bridgehead atoms. The first-order valence-electron chi connectivity index (χ1n) is 5.53. The lowest BCUT2D eigenvalue weighted by atomic mass is 10.1. The molecule has 84 valence electrons. The van der Waals surface area contributed by atoms with Crippen molar-refractivity contribution in [2.45, 2.75) is 13.0 Å². The van der Waals surface area contributed by atoms with Crippen LogP contribution in [-0.4, -0.2) is 26.2 Å². The van der Waals surface area contributed by atoms with Gasteiger partial charge in [-0.2, -0.15) is 0 Å². The Labute approximate surface area is 92.1 Å². The molecule has 0 spiro atoms. The lowest BCUT2D eigenvalue weighted by molar-refractivity contribution is 0.548. The van der Waals surface area contributed by atoms with E-state index in [-0.39, 0.29) is 0 Å². The van der Waals surface area contributed by atoms with E-state index < -0.39 is 0 Å². The summed E-state index contributed by atoms with van der Waals surface area (Å²) in [4.78, 5) is 0. The molecule has 0 fully saturated rings. The topological polar surface area (TPSA) is 50.1 Å². The zero-order chi connectivity index (χ0) is 10.9. The van der Waals surface area contributed by atoms with Crippen LogP contribution in [0.25, 0.3) is 0 Å². The van der Waals surface area contributed by atoms with E-state index in [4.69, 9.17) is 5.73 Å². The molecule has 4 N–H and O–H groups in total. The van der Waals surface area contributed by atoms with Gasteiger partial charge in [-0.3, -0.25) is 0 Å². The van der Waals surface area contributed by atoms with Gasteiger partial charge < -0.3 is 16.4 Å². The van der Waals surface area contributed by atoms with Gasteiger partial charge in [-0.15, -0.1) is 0 Å². The molecule has 15 heavy (non-hydrogen) atoms. The van der Waals surface area contributed by atoms with Gasteiger partial charge in [-0.1, -0.05) is 30.3 Å². The van der Waals surface area contributed by atoms with Gasteiger partial charge in [0.15, 0.2) is 0 Å². The highest BCUT2D eigenvalue weighted by Gasteiger charge is 2.01. The van der Waals surface area contributed by atoms with Crippen LogP contribution in [0.4, 0.5) is 0 Å². The van der Waals surface area contributed by atoms with Crippen LogP contribution in [0.2, 0.25) is 0 Å². The van der Waals surface area contributed by atoms with Crippen molar-refractivity contribution >= 4 is 0 Å². The van der Waals surface area contributed by atoms with Crippen LogP contribution in [-0.2, 0) is 0 Å². The quantitative estimate of drug-likeness (QED) is 0.582. The van der Waals surface area contributed by atoms with E-state index in [2.05, 4.69) is 41.8 Å². The minimum atomic E-state index is 0.408. The first-order valence-corrected chi connectivity index (χ1v) is 5.53. The van der Waals surface area contributed by atoms with E-state index in [9.17, 15) is 0 Å². The van der Waals surface area contributed by atoms with Crippen molar-refractivity contribution in [3.8, 4) is 0 Å². The minimum absolute atomic E-state index is 0.408. The largest absolute Gasteiger partial charge is 0.329 e. The molecule has 0 saturated carbocycles. The van der Waals surface area contributed by atoms with Crippen LogP contribution in [0.3, 0.4) is 0 Å². The molecule has 1 unspecified atom stereocenters. The van der Waals surface area contributed by atoms with Crippen molar-refractivity contribution in [1.29, 1.82) is 0 Å². The maximum atomic E-state index is 5.38. The zero-order valence-electron chi connectivity index (χ0n) is 9.37. The van der Waals surface area contributed by atoms with Gasteiger partial charge in [0, 0.05) is 32.2 Å². The van der Waals surface area contributed by atoms with Gasteiger partial charge >= 0.3 is 0 Å². The summed E-state index contributed by atoms with van der Waals surface area (Å²) in [5, 5.41) is 6.71. The molecule has 0 heterocycles. The molecular formula is C12H21N3. The van der Waals surface area contributed by atoms with Crippen LogP contribution in [0.1, 0.15) is 18.5 Å². The fourth-order valence-corrected chi connectivity index (χ4v) is 1.46. The molecule has 0 amide bonds. The van der Waals surface area contributed by atoms with Crippen LogP contribution in [0, 0.1) is 0 Å². The number of rotatable bonds is 7. The molecule has 0 aliphatic carbocycles. The van der Waals surface area contributed by atoms with E-state index in [0.29, 0.717) is 12.6 Å². The third-order valence-electron chi connectivity index (χ3n) is 2.37. The van der Waals surface area contributed by atoms with Gasteiger partial charge in [0.05, 0.1) is 0 Å². The molecule has 0 saturated heterocycles. The third kappa shape index (κ3) is 4.93. The third-order valence-corrected chi connectivity index (χ3v) is 2.37. The summed E-state index contributed by atoms with van der Waals surface area (Å²) in [6.07, 6.45) is 0. The fraction of sp³-hybridized carbons (Fsp3) is 0.500. The second-order valence-electron chi connectivity index (χ2n) is 3.63. The van der Waals surface area contributed by atoms with E-state index in [0.717, 1.165) is 19.6 Å². The van der Waals surface area contributed by atoms with Crippen LogP contribution < -0.4 is 16.4 Å². The van der Waals surface area contributed by atoms with Gasteiger partial charge in [0.2, 0.25) is 0 Å². The van der Waals surface area contributed by atoms with Crippen molar-refractivity contribution < 1.29 is 0 Å². The molecule has 1 aromatic rings. The highest BCUT2D eigenvalue weighted by atomic mass is 15.0. The maximum Gasteiger partial charge on any atom is 0.0292 e. The summed E-state index contributed by atoms with van der Waals surface area (Å²) in [6, 6.07) is 10.9. The van der Waals surface area contributed by atoms with Crippen molar-refractivity contribution in [1.82, 2.24) is 10.6 Å². The van der Waals surface area contributed by atoms with Gasteiger partial charge in [0.1, 0.15) is 0 Å². The second kappa shape index (κ2) is 7.40. The van der Waals surface area contributed by atoms with E-state index in [1.54, 1.807) is 0 Å². The molecule has 0 aromatic heterocycles. The number of hydrogen-bond donors (Lipinski definition) is 3. The Kier molecular flexibility index (Phi) is 6.00. The lowest BCUT2D eigenvalue weighted by Gasteiger charge is -2.14. The zero-order valence-corrected chi connectivity index (χ0v) is 9.37. The predicted octanol–water partition coefficient (Wildman–Crippen LogP) is 0.886. The Morgan fingerprint density at radius 1 is 1.13 bits per heavy atom. The monoisotopic (exact) mass is 207 g/mol. The highest BCUT2D eigenvalue weighted by Crippen LogP contribution is 2.09. The van der Waals surface area contributed by atoms with Crippen molar-refractivity contribution in [2.24, 2.45) is 5.73 Å². The normalized spacial score (nSPS) is 12.7. The molecule has 0 aliphatic heterocycles.